The molecule has 1 aliphatic rings. The van der Waals surface area contributed by atoms with Gasteiger partial charge in [0.1, 0.15) is 5.76 Å². The Labute approximate surface area is 115 Å². The zero-order valence-electron chi connectivity index (χ0n) is 11.0. The molecule has 1 aromatic rings. The number of thiazole rings is 1. The van der Waals surface area contributed by atoms with Gasteiger partial charge >= 0.3 is 0 Å². The highest BCUT2D eigenvalue weighted by atomic mass is 32.1. The fourth-order valence-electron chi connectivity index (χ4n) is 2.17. The Morgan fingerprint density at radius 1 is 1.37 bits per heavy atom. The van der Waals surface area contributed by atoms with Crippen molar-refractivity contribution in [1.82, 2.24) is 4.98 Å². The van der Waals surface area contributed by atoms with Crippen molar-refractivity contribution in [3.8, 4) is 0 Å². The average molecular weight is 279 g/mol. The fourth-order valence-corrected chi connectivity index (χ4v) is 3.22. The molecule has 0 aliphatic heterocycles. The highest BCUT2D eigenvalue weighted by Crippen LogP contribution is 2.29. The molecule has 0 fully saturated rings. The second-order valence-corrected chi connectivity index (χ2v) is 5.72. The van der Waals surface area contributed by atoms with Crippen molar-refractivity contribution in [3.05, 3.63) is 21.9 Å². The first-order valence-electron chi connectivity index (χ1n) is 6.24. The predicted octanol–water partition coefficient (Wildman–Crippen LogP) is 2.83. The van der Waals surface area contributed by atoms with Crippen LogP contribution in [0.5, 0.6) is 0 Å². The molecule has 0 spiro atoms. The average Bonchev–Trinajstić information content (AvgIpc) is 2.69. The van der Waals surface area contributed by atoms with E-state index in [0.717, 1.165) is 25.0 Å². The predicted molar refractivity (Wildman–Crippen MR) is 76.1 cm³/mol. The van der Waals surface area contributed by atoms with E-state index < -0.39 is 5.91 Å². The highest BCUT2D eigenvalue weighted by Gasteiger charge is 2.19. The van der Waals surface area contributed by atoms with E-state index in [0.29, 0.717) is 5.13 Å². The molecule has 0 saturated carbocycles. The number of carbonyl (C=O) groups excluding carboxylic acids is 1. The summed E-state index contributed by atoms with van der Waals surface area (Å²) in [7, 11) is 0. The molecule has 2 rings (SSSR count). The van der Waals surface area contributed by atoms with Crippen LogP contribution < -0.4 is 5.32 Å². The van der Waals surface area contributed by atoms with Crippen molar-refractivity contribution in [2.45, 2.75) is 39.5 Å². The molecule has 1 heterocycles. The van der Waals surface area contributed by atoms with Crippen molar-refractivity contribution in [2.24, 2.45) is 0 Å². The van der Waals surface area contributed by atoms with Gasteiger partial charge in [-0.05, 0) is 39.5 Å². The van der Waals surface area contributed by atoms with Crippen molar-refractivity contribution >= 4 is 28.1 Å². The van der Waals surface area contributed by atoms with Gasteiger partial charge in [0.05, 0.1) is 11.3 Å². The molecule has 0 bridgehead atoms. The van der Waals surface area contributed by atoms with Crippen LogP contribution in [0.1, 0.15) is 37.3 Å². The first-order chi connectivity index (χ1) is 8.99. The lowest BCUT2D eigenvalue weighted by atomic mass is 10.0. The van der Waals surface area contributed by atoms with Gasteiger partial charge in [0.25, 0.3) is 5.91 Å². The van der Waals surface area contributed by atoms with Gasteiger partial charge in [0.2, 0.25) is 0 Å². The Bertz CT molecular complexity index is 533. The number of aliphatic hydroxyl groups excluding tert-OH is 1. The van der Waals surface area contributed by atoms with Crippen LogP contribution in [0.4, 0.5) is 5.13 Å². The van der Waals surface area contributed by atoms with Crippen molar-refractivity contribution in [1.29, 1.82) is 5.41 Å². The van der Waals surface area contributed by atoms with Crippen LogP contribution >= 0.6 is 11.3 Å². The lowest BCUT2D eigenvalue weighted by Crippen LogP contribution is -2.20. The maximum absolute atomic E-state index is 12.0. The number of allylic oxidation sites excluding steroid dienone is 1. The van der Waals surface area contributed by atoms with Gasteiger partial charge in [-0.25, -0.2) is 4.98 Å². The molecule has 19 heavy (non-hydrogen) atoms. The molecule has 0 saturated heterocycles. The van der Waals surface area contributed by atoms with Gasteiger partial charge in [0, 0.05) is 10.6 Å². The van der Waals surface area contributed by atoms with E-state index in [4.69, 9.17) is 5.41 Å². The Morgan fingerprint density at radius 3 is 2.63 bits per heavy atom. The van der Waals surface area contributed by atoms with Gasteiger partial charge in [-0.1, -0.05) is 0 Å². The van der Waals surface area contributed by atoms with E-state index >= 15 is 0 Å². The number of aryl methyl sites for hydroxylation is 2. The SMILES string of the molecule is CC(=N)/C(C(=O)Nc1nc2c(s1)CCCC2)=C(/C)O. The Kier molecular flexibility index (Phi) is 3.99. The number of anilines is 1. The van der Waals surface area contributed by atoms with Crippen LogP contribution in [0.2, 0.25) is 0 Å². The molecular weight excluding hydrogens is 262 g/mol. The number of hydrogen-bond donors (Lipinski definition) is 3. The minimum Gasteiger partial charge on any atom is -0.512 e. The monoisotopic (exact) mass is 279 g/mol. The third-order valence-electron chi connectivity index (χ3n) is 3.03. The topological polar surface area (TPSA) is 86.1 Å². The summed E-state index contributed by atoms with van der Waals surface area (Å²) in [5, 5.41) is 20.2. The van der Waals surface area contributed by atoms with Crippen molar-refractivity contribution in [2.75, 3.05) is 5.32 Å². The molecule has 0 aromatic carbocycles. The van der Waals surface area contributed by atoms with E-state index in [1.807, 2.05) is 0 Å². The van der Waals surface area contributed by atoms with Crippen LogP contribution in [-0.4, -0.2) is 21.7 Å². The molecule has 3 N–H and O–H groups in total. The molecule has 0 unspecified atom stereocenters. The van der Waals surface area contributed by atoms with E-state index in [1.165, 1.54) is 36.5 Å². The molecule has 5 nitrogen and oxygen atoms in total. The summed E-state index contributed by atoms with van der Waals surface area (Å²) < 4.78 is 0. The van der Waals surface area contributed by atoms with Crippen LogP contribution in [-0.2, 0) is 17.6 Å². The Morgan fingerprint density at radius 2 is 2.05 bits per heavy atom. The summed E-state index contributed by atoms with van der Waals surface area (Å²) in [5.41, 5.74) is 1.12. The number of nitrogens with zero attached hydrogens (tertiary/aromatic N) is 1. The smallest absolute Gasteiger partial charge is 0.262 e. The minimum absolute atomic E-state index is 0.00757. The van der Waals surface area contributed by atoms with Gasteiger partial charge in [-0.15, -0.1) is 11.3 Å². The van der Waals surface area contributed by atoms with Crippen molar-refractivity contribution in [3.63, 3.8) is 0 Å². The van der Waals surface area contributed by atoms with Gasteiger partial charge in [0.15, 0.2) is 5.13 Å². The zero-order valence-corrected chi connectivity index (χ0v) is 11.9. The molecule has 1 aromatic heterocycles. The molecule has 0 atom stereocenters. The second kappa shape index (κ2) is 5.52. The number of aliphatic hydroxyl groups is 1. The zero-order chi connectivity index (χ0) is 14.0. The molecule has 0 radical (unpaired) electrons. The quantitative estimate of drug-likeness (QED) is 0.452. The normalized spacial score (nSPS) is 15.5. The maximum atomic E-state index is 12.0. The van der Waals surface area contributed by atoms with Crippen LogP contribution in [0.3, 0.4) is 0 Å². The standard InChI is InChI=1S/C13H17N3O2S/c1-7(14)11(8(2)17)12(18)16-13-15-9-5-3-4-6-10(9)19-13/h14,17H,3-6H2,1-2H3,(H,15,16,18)/b11-8+,14-7?. The lowest BCUT2D eigenvalue weighted by molar-refractivity contribution is -0.112. The number of carbonyl (C=O) groups is 1. The number of hydrogen-bond acceptors (Lipinski definition) is 5. The van der Waals surface area contributed by atoms with Gasteiger partial charge in [-0.3, -0.25) is 10.1 Å². The molecule has 1 amide bonds. The van der Waals surface area contributed by atoms with Crippen LogP contribution in [0.25, 0.3) is 0 Å². The highest BCUT2D eigenvalue weighted by molar-refractivity contribution is 7.15. The third-order valence-corrected chi connectivity index (χ3v) is 4.10. The second-order valence-electron chi connectivity index (χ2n) is 4.64. The molecule has 102 valence electrons. The largest absolute Gasteiger partial charge is 0.512 e. The fraction of sp³-hybridized carbons (Fsp3) is 0.462. The number of fused-ring (bicyclic) bond motifs is 1. The van der Waals surface area contributed by atoms with E-state index in [1.54, 1.807) is 0 Å². The number of rotatable bonds is 3. The maximum Gasteiger partial charge on any atom is 0.262 e. The summed E-state index contributed by atoms with van der Waals surface area (Å²) in [5.74, 6) is -0.620. The lowest BCUT2D eigenvalue weighted by Gasteiger charge is -2.06. The summed E-state index contributed by atoms with van der Waals surface area (Å²) >= 11 is 1.49. The third kappa shape index (κ3) is 3.01. The van der Waals surface area contributed by atoms with Gasteiger partial charge < -0.3 is 10.5 Å². The van der Waals surface area contributed by atoms with E-state index in [2.05, 4.69) is 10.3 Å². The molecule has 1 aliphatic carbocycles. The molecule has 6 heteroatoms. The summed E-state index contributed by atoms with van der Waals surface area (Å²) in [6.45, 7) is 2.88. The first kappa shape index (κ1) is 13.7. The first-order valence-corrected chi connectivity index (χ1v) is 7.06. The summed E-state index contributed by atoms with van der Waals surface area (Å²) in [4.78, 5) is 17.6. The van der Waals surface area contributed by atoms with E-state index in [9.17, 15) is 9.90 Å². The summed E-state index contributed by atoms with van der Waals surface area (Å²) in [6.07, 6.45) is 4.30. The van der Waals surface area contributed by atoms with Gasteiger partial charge in [-0.2, -0.15) is 0 Å². The number of amides is 1. The van der Waals surface area contributed by atoms with E-state index in [-0.39, 0.29) is 17.0 Å². The summed E-state index contributed by atoms with van der Waals surface area (Å²) in [6, 6.07) is 0. The Balaban J connectivity index is 2.17. The van der Waals surface area contributed by atoms with Crippen LogP contribution in [0, 0.1) is 5.41 Å². The minimum atomic E-state index is -0.474. The van der Waals surface area contributed by atoms with Crippen molar-refractivity contribution < 1.29 is 9.90 Å². The van der Waals surface area contributed by atoms with Crippen LogP contribution in [0.15, 0.2) is 11.3 Å². The Hall–Kier alpha value is -1.69. The number of nitrogens with one attached hydrogen (secondary N) is 2. The number of aromatic nitrogens is 1. The molecular formula is C13H17N3O2S.